The molecule has 1 aliphatic heterocycles. The summed E-state index contributed by atoms with van der Waals surface area (Å²) in [5.41, 5.74) is 2.19. The molecule has 4 N–H and O–H groups in total. The van der Waals surface area contributed by atoms with Crippen LogP contribution in [-0.4, -0.2) is 65.5 Å². The van der Waals surface area contributed by atoms with Crippen LogP contribution in [0, 0.1) is 0 Å². The molecule has 4 heterocycles. The van der Waals surface area contributed by atoms with Crippen molar-refractivity contribution in [3.05, 3.63) is 64.7 Å². The summed E-state index contributed by atoms with van der Waals surface area (Å²) in [7, 11) is 0. The van der Waals surface area contributed by atoms with Gasteiger partial charge in [0.1, 0.15) is 12.2 Å². The number of fused-ring (bicyclic) bond motifs is 1. The van der Waals surface area contributed by atoms with Crippen LogP contribution in [0.15, 0.2) is 49.1 Å². The number of benzene rings is 1. The zero-order valence-electron chi connectivity index (χ0n) is 19.5. The van der Waals surface area contributed by atoms with Crippen LogP contribution < -0.4 is 10.6 Å². The quantitative estimate of drug-likeness (QED) is 0.276. The van der Waals surface area contributed by atoms with Gasteiger partial charge in [0.15, 0.2) is 35.1 Å². The van der Waals surface area contributed by atoms with E-state index in [1.54, 1.807) is 25.3 Å². The highest BCUT2D eigenvalue weighted by Crippen LogP contribution is 2.34. The molecular formula is C24H23Cl2N7O4. The van der Waals surface area contributed by atoms with E-state index in [1.165, 1.54) is 17.1 Å². The summed E-state index contributed by atoms with van der Waals surface area (Å²) >= 11 is 12.3. The maximum absolute atomic E-state index is 12.4. The van der Waals surface area contributed by atoms with Crippen molar-refractivity contribution in [1.29, 1.82) is 0 Å². The Hall–Kier alpha value is -3.35. The highest BCUT2D eigenvalue weighted by Gasteiger charge is 2.47. The molecule has 13 heteroatoms. The topological polar surface area (TPSA) is 147 Å². The number of rotatable bonds is 7. The average Bonchev–Trinajstić information content (AvgIpc) is 3.43. The van der Waals surface area contributed by atoms with Crippen LogP contribution in [0.4, 0.5) is 5.82 Å². The summed E-state index contributed by atoms with van der Waals surface area (Å²) in [5.74, 6) is 0.184. The highest BCUT2D eigenvalue weighted by molar-refractivity contribution is 6.31. The van der Waals surface area contributed by atoms with Crippen molar-refractivity contribution in [2.45, 2.75) is 38.0 Å². The van der Waals surface area contributed by atoms with Crippen molar-refractivity contribution >= 4 is 46.1 Å². The number of hydrogen-bond acceptors (Lipinski definition) is 9. The largest absolute Gasteiger partial charge is 0.387 e. The molecule has 1 saturated heterocycles. The molecule has 1 aliphatic rings. The minimum Gasteiger partial charge on any atom is -0.387 e. The van der Waals surface area contributed by atoms with Crippen LogP contribution >= 0.6 is 23.2 Å². The number of carbonyl (C=O) groups excluding carboxylic acids is 1. The third-order valence-electron chi connectivity index (χ3n) is 5.86. The van der Waals surface area contributed by atoms with Gasteiger partial charge in [-0.1, -0.05) is 35.3 Å². The number of nitrogens with zero attached hydrogens (tertiary/aromatic N) is 5. The molecule has 11 nitrogen and oxygen atoms in total. The molecule has 0 bridgehead atoms. The number of anilines is 1. The zero-order chi connectivity index (χ0) is 26.1. The number of ether oxygens (including phenoxy) is 1. The first-order chi connectivity index (χ1) is 17.9. The number of hydrogen-bond donors (Lipinski definition) is 4. The second-order valence-corrected chi connectivity index (χ2v) is 9.29. The normalized spacial score (nSPS) is 21.3. The summed E-state index contributed by atoms with van der Waals surface area (Å²) in [6.07, 6.45) is -0.719. The number of nitrogens with one attached hydrogen (secondary N) is 2. The van der Waals surface area contributed by atoms with Crippen molar-refractivity contribution in [2.75, 3.05) is 11.9 Å². The zero-order valence-corrected chi connectivity index (χ0v) is 21.1. The minimum absolute atomic E-state index is 0.297. The van der Waals surface area contributed by atoms with Crippen molar-refractivity contribution < 1.29 is 19.7 Å². The summed E-state index contributed by atoms with van der Waals surface area (Å²) in [4.78, 5) is 30.2. The van der Waals surface area contributed by atoms with Gasteiger partial charge in [0.25, 0.3) is 5.91 Å². The van der Waals surface area contributed by atoms with E-state index in [0.717, 1.165) is 5.56 Å². The van der Waals surface area contributed by atoms with Crippen molar-refractivity contribution in [2.24, 2.45) is 0 Å². The monoisotopic (exact) mass is 543 g/mol. The van der Waals surface area contributed by atoms with Gasteiger partial charge in [-0.2, -0.15) is 0 Å². The average molecular weight is 544 g/mol. The third kappa shape index (κ3) is 5.09. The lowest BCUT2D eigenvalue weighted by atomic mass is 10.1. The summed E-state index contributed by atoms with van der Waals surface area (Å²) in [6, 6.07) is 9.06. The Labute approximate surface area is 221 Å². The molecule has 37 heavy (non-hydrogen) atoms. The molecule has 0 radical (unpaired) electrons. The molecule has 3 unspecified atom stereocenters. The van der Waals surface area contributed by atoms with Crippen molar-refractivity contribution in [3.8, 4) is 11.4 Å². The maximum atomic E-state index is 12.4. The predicted octanol–water partition coefficient (Wildman–Crippen LogP) is 2.56. The molecule has 0 saturated carbocycles. The lowest BCUT2D eigenvalue weighted by Crippen LogP contribution is -2.42. The SMILES string of the molecule is CCNC(=O)[C@@H]1OC(n2cnc3c(NCc4cccc(Cl)c4)nc(-c4cncc(Cl)c4)nc32)C(O)C1O. The Morgan fingerprint density at radius 1 is 1.14 bits per heavy atom. The molecule has 1 fully saturated rings. The Morgan fingerprint density at radius 3 is 2.73 bits per heavy atom. The summed E-state index contributed by atoms with van der Waals surface area (Å²) in [6.45, 7) is 2.50. The van der Waals surface area contributed by atoms with Crippen LogP contribution in [0.3, 0.4) is 0 Å². The van der Waals surface area contributed by atoms with Crippen molar-refractivity contribution in [3.63, 3.8) is 0 Å². The third-order valence-corrected chi connectivity index (χ3v) is 6.30. The number of pyridine rings is 1. The predicted molar refractivity (Wildman–Crippen MR) is 137 cm³/mol. The highest BCUT2D eigenvalue weighted by atomic mass is 35.5. The van der Waals surface area contributed by atoms with E-state index in [4.69, 9.17) is 27.9 Å². The van der Waals surface area contributed by atoms with Crippen LogP contribution in [0.2, 0.25) is 10.0 Å². The van der Waals surface area contributed by atoms with Crippen LogP contribution in [0.25, 0.3) is 22.6 Å². The number of likely N-dealkylation sites (N-methyl/N-ethyl adjacent to an activating group) is 1. The van der Waals surface area contributed by atoms with Crippen molar-refractivity contribution in [1.82, 2.24) is 29.8 Å². The van der Waals surface area contributed by atoms with Gasteiger partial charge in [-0.05, 0) is 30.7 Å². The number of aliphatic hydroxyl groups is 2. The van der Waals surface area contributed by atoms with E-state index >= 15 is 0 Å². The second kappa shape index (κ2) is 10.6. The number of aromatic nitrogens is 5. The molecule has 5 rings (SSSR count). The smallest absolute Gasteiger partial charge is 0.252 e. The second-order valence-electron chi connectivity index (χ2n) is 8.42. The Morgan fingerprint density at radius 2 is 1.97 bits per heavy atom. The Balaban J connectivity index is 1.56. The lowest BCUT2D eigenvalue weighted by Gasteiger charge is -2.17. The van der Waals surface area contributed by atoms with Gasteiger partial charge in [-0.15, -0.1) is 0 Å². The molecular weight excluding hydrogens is 521 g/mol. The van der Waals surface area contributed by atoms with E-state index < -0.39 is 30.4 Å². The standard InChI is InChI=1S/C24H23Cl2N7O4/c1-2-28-23(36)19-17(34)18(35)24(37-19)33-11-30-16-21(29-8-12-4-3-5-14(25)6-12)31-20(32-22(16)33)13-7-15(26)10-27-9-13/h3-7,9-11,17-19,24,34-35H,2,8H2,1H3,(H,28,36)(H,29,31,32)/t17?,18?,19-,24?/m1/s1. The van der Waals surface area contributed by atoms with Gasteiger partial charge in [-0.3, -0.25) is 14.3 Å². The molecule has 0 spiro atoms. The number of aliphatic hydroxyl groups excluding tert-OH is 2. The molecule has 4 aromatic rings. The first-order valence-corrected chi connectivity index (χ1v) is 12.2. The molecule has 3 aromatic heterocycles. The minimum atomic E-state index is -1.44. The van der Waals surface area contributed by atoms with Gasteiger partial charge >= 0.3 is 0 Å². The fourth-order valence-electron chi connectivity index (χ4n) is 4.10. The van der Waals surface area contributed by atoms with Gasteiger partial charge in [0.2, 0.25) is 0 Å². The molecule has 192 valence electrons. The van der Waals surface area contributed by atoms with Crippen LogP contribution in [0.1, 0.15) is 18.7 Å². The number of amides is 1. The van der Waals surface area contributed by atoms with E-state index in [-0.39, 0.29) is 0 Å². The number of carbonyl (C=O) groups is 1. The van der Waals surface area contributed by atoms with E-state index in [2.05, 4.69) is 30.6 Å². The van der Waals surface area contributed by atoms with Gasteiger partial charge < -0.3 is 25.6 Å². The molecule has 1 aromatic carbocycles. The molecule has 0 aliphatic carbocycles. The van der Waals surface area contributed by atoms with Gasteiger partial charge in [0.05, 0.1) is 11.3 Å². The first-order valence-electron chi connectivity index (χ1n) is 11.5. The Kier molecular flexibility index (Phi) is 7.22. The first kappa shape index (κ1) is 25.3. The number of halogens is 2. The van der Waals surface area contributed by atoms with Crippen LogP contribution in [0.5, 0.6) is 0 Å². The van der Waals surface area contributed by atoms with Crippen LogP contribution in [-0.2, 0) is 16.1 Å². The molecule has 1 amide bonds. The fraction of sp³-hybridized carbons (Fsp3) is 0.292. The fourth-order valence-corrected chi connectivity index (χ4v) is 4.49. The van der Waals surface area contributed by atoms with Gasteiger partial charge in [-0.25, -0.2) is 15.0 Å². The summed E-state index contributed by atoms with van der Waals surface area (Å²) < 4.78 is 7.25. The maximum Gasteiger partial charge on any atom is 0.252 e. The lowest BCUT2D eigenvalue weighted by molar-refractivity contribution is -0.137. The van der Waals surface area contributed by atoms with E-state index in [0.29, 0.717) is 51.5 Å². The van der Waals surface area contributed by atoms with E-state index in [1.807, 2.05) is 18.2 Å². The Bertz CT molecular complexity index is 1450. The van der Waals surface area contributed by atoms with Gasteiger partial charge in [0, 0.05) is 36.1 Å². The summed E-state index contributed by atoms with van der Waals surface area (Å²) in [5, 5.41) is 28.1. The number of imidazole rings is 1. The molecule has 4 atom stereocenters. The van der Waals surface area contributed by atoms with E-state index in [9.17, 15) is 15.0 Å².